The van der Waals surface area contributed by atoms with E-state index in [4.69, 9.17) is 9.88 Å². The van der Waals surface area contributed by atoms with Gasteiger partial charge in [-0.3, -0.25) is 4.79 Å². The highest BCUT2D eigenvalue weighted by atomic mass is 32.2. The van der Waals surface area contributed by atoms with Crippen LogP contribution in [0.2, 0.25) is 0 Å². The molecule has 1 rings (SSSR count). The number of ether oxygens (including phenoxy) is 1. The first-order valence-corrected chi connectivity index (χ1v) is 7.83. The van der Waals surface area contributed by atoms with Crippen LogP contribution >= 0.6 is 0 Å². The first-order valence-electron chi connectivity index (χ1n) is 6.29. The van der Waals surface area contributed by atoms with Gasteiger partial charge < -0.3 is 10.1 Å². The van der Waals surface area contributed by atoms with Crippen LogP contribution in [0.25, 0.3) is 0 Å². The Balaban J connectivity index is 3.28. The first-order chi connectivity index (χ1) is 9.57. The Morgan fingerprint density at radius 2 is 1.90 bits per heavy atom. The standard InChI is InChI=1S/C13H19FN2O4S/c1-7(2)8(3)16-13(17)9-5-10(14)12(20-4)11(6-9)21(15,18)19/h5-8H,1-4H3,(H,16,17)(H2,15,18,19). The minimum Gasteiger partial charge on any atom is -0.492 e. The maximum absolute atomic E-state index is 13.9. The van der Waals surface area contributed by atoms with Crippen molar-refractivity contribution in [2.75, 3.05) is 7.11 Å². The number of carbonyl (C=O) groups excluding carboxylic acids is 1. The highest BCUT2D eigenvalue weighted by molar-refractivity contribution is 7.89. The van der Waals surface area contributed by atoms with Gasteiger partial charge in [-0.25, -0.2) is 17.9 Å². The minimum atomic E-state index is -4.21. The Hall–Kier alpha value is -1.67. The van der Waals surface area contributed by atoms with Crippen molar-refractivity contribution in [1.82, 2.24) is 5.32 Å². The monoisotopic (exact) mass is 318 g/mol. The number of carbonyl (C=O) groups is 1. The number of nitrogens with two attached hydrogens (primary N) is 1. The fourth-order valence-electron chi connectivity index (χ4n) is 1.57. The average molecular weight is 318 g/mol. The van der Waals surface area contributed by atoms with Crippen molar-refractivity contribution in [2.24, 2.45) is 11.1 Å². The fourth-order valence-corrected chi connectivity index (χ4v) is 2.30. The van der Waals surface area contributed by atoms with Gasteiger partial charge in [0.25, 0.3) is 5.91 Å². The van der Waals surface area contributed by atoms with Crippen molar-refractivity contribution in [1.29, 1.82) is 0 Å². The Morgan fingerprint density at radius 3 is 2.33 bits per heavy atom. The van der Waals surface area contributed by atoms with Gasteiger partial charge in [0.15, 0.2) is 11.6 Å². The maximum Gasteiger partial charge on any atom is 0.251 e. The van der Waals surface area contributed by atoms with Gasteiger partial charge in [0.1, 0.15) is 4.90 Å². The number of hydrogen-bond acceptors (Lipinski definition) is 4. The number of rotatable bonds is 5. The van der Waals surface area contributed by atoms with Gasteiger partial charge in [0, 0.05) is 11.6 Å². The minimum absolute atomic E-state index is 0.134. The topological polar surface area (TPSA) is 98.5 Å². The van der Waals surface area contributed by atoms with E-state index >= 15 is 0 Å². The summed E-state index contributed by atoms with van der Waals surface area (Å²) >= 11 is 0. The molecule has 1 aromatic carbocycles. The van der Waals surface area contributed by atoms with Gasteiger partial charge >= 0.3 is 0 Å². The van der Waals surface area contributed by atoms with Crippen molar-refractivity contribution in [3.63, 3.8) is 0 Å². The fraction of sp³-hybridized carbons (Fsp3) is 0.462. The van der Waals surface area contributed by atoms with E-state index in [1.165, 1.54) is 0 Å². The molecule has 6 nitrogen and oxygen atoms in total. The average Bonchev–Trinajstić information content (AvgIpc) is 2.36. The summed E-state index contributed by atoms with van der Waals surface area (Å²) in [6.07, 6.45) is 0. The molecule has 0 aliphatic rings. The molecule has 0 aliphatic carbocycles. The summed E-state index contributed by atoms with van der Waals surface area (Å²) in [4.78, 5) is 11.5. The van der Waals surface area contributed by atoms with E-state index in [1.54, 1.807) is 6.92 Å². The molecule has 0 fully saturated rings. The van der Waals surface area contributed by atoms with E-state index in [9.17, 15) is 17.6 Å². The van der Waals surface area contributed by atoms with Crippen molar-refractivity contribution in [3.05, 3.63) is 23.5 Å². The second-order valence-corrected chi connectivity index (χ2v) is 6.57. The second-order valence-electron chi connectivity index (χ2n) is 5.04. The lowest BCUT2D eigenvalue weighted by molar-refractivity contribution is 0.0929. The zero-order valence-electron chi connectivity index (χ0n) is 12.3. The predicted molar refractivity (Wildman–Crippen MR) is 76.1 cm³/mol. The number of nitrogens with one attached hydrogen (secondary N) is 1. The third kappa shape index (κ3) is 4.15. The van der Waals surface area contributed by atoms with E-state index in [2.05, 4.69) is 5.32 Å². The van der Waals surface area contributed by atoms with Crippen LogP contribution in [0.3, 0.4) is 0 Å². The molecule has 118 valence electrons. The lowest BCUT2D eigenvalue weighted by Gasteiger charge is -2.18. The van der Waals surface area contributed by atoms with E-state index in [1.807, 2.05) is 13.8 Å². The SMILES string of the molecule is COc1c(F)cc(C(=O)NC(C)C(C)C)cc1S(N)(=O)=O. The first kappa shape index (κ1) is 17.4. The van der Waals surface area contributed by atoms with E-state index in [0.717, 1.165) is 19.2 Å². The molecule has 1 atom stereocenters. The summed E-state index contributed by atoms with van der Waals surface area (Å²) in [7, 11) is -3.10. The molecule has 0 bridgehead atoms. The van der Waals surface area contributed by atoms with Gasteiger partial charge in [-0.2, -0.15) is 0 Å². The molecule has 8 heteroatoms. The van der Waals surface area contributed by atoms with Crippen LogP contribution in [0.4, 0.5) is 4.39 Å². The molecule has 0 heterocycles. The van der Waals surface area contributed by atoms with Crippen molar-refractivity contribution < 1.29 is 22.3 Å². The molecule has 0 spiro atoms. The highest BCUT2D eigenvalue weighted by Crippen LogP contribution is 2.27. The summed E-state index contributed by atoms with van der Waals surface area (Å²) in [5.41, 5.74) is -0.134. The number of halogens is 1. The van der Waals surface area contributed by atoms with Crippen LogP contribution < -0.4 is 15.2 Å². The van der Waals surface area contributed by atoms with Crippen molar-refractivity contribution in [2.45, 2.75) is 31.7 Å². The van der Waals surface area contributed by atoms with Gasteiger partial charge in [-0.15, -0.1) is 0 Å². The van der Waals surface area contributed by atoms with E-state index in [0.29, 0.717) is 0 Å². The summed E-state index contributed by atoms with van der Waals surface area (Å²) < 4.78 is 41.5. The molecule has 21 heavy (non-hydrogen) atoms. The van der Waals surface area contributed by atoms with Crippen LogP contribution in [0.1, 0.15) is 31.1 Å². The highest BCUT2D eigenvalue weighted by Gasteiger charge is 2.23. The molecular weight excluding hydrogens is 299 g/mol. The molecule has 0 aliphatic heterocycles. The Bertz CT molecular complexity index is 644. The van der Waals surface area contributed by atoms with Crippen LogP contribution in [0.15, 0.2) is 17.0 Å². The predicted octanol–water partition coefficient (Wildman–Crippen LogP) is 1.26. The zero-order valence-corrected chi connectivity index (χ0v) is 13.1. The van der Waals surface area contributed by atoms with Crippen LogP contribution in [-0.4, -0.2) is 27.5 Å². The number of hydrogen-bond donors (Lipinski definition) is 2. The Kier molecular flexibility index (Phi) is 5.30. The number of benzene rings is 1. The van der Waals surface area contributed by atoms with Crippen LogP contribution in [0.5, 0.6) is 5.75 Å². The Labute approximate surface area is 123 Å². The van der Waals surface area contributed by atoms with Gasteiger partial charge in [-0.1, -0.05) is 13.8 Å². The third-order valence-electron chi connectivity index (χ3n) is 3.14. The largest absolute Gasteiger partial charge is 0.492 e. The molecule has 1 amide bonds. The molecule has 1 aromatic rings. The summed E-state index contributed by atoms with van der Waals surface area (Å²) in [5, 5.41) is 7.67. The van der Waals surface area contributed by atoms with E-state index in [-0.39, 0.29) is 17.5 Å². The lowest BCUT2D eigenvalue weighted by Crippen LogP contribution is -2.36. The summed E-state index contributed by atoms with van der Waals surface area (Å²) in [5.74, 6) is -1.88. The molecule has 1 unspecified atom stereocenters. The second kappa shape index (κ2) is 6.40. The number of sulfonamides is 1. The van der Waals surface area contributed by atoms with Crippen molar-refractivity contribution >= 4 is 15.9 Å². The number of amides is 1. The molecule has 0 saturated heterocycles. The van der Waals surface area contributed by atoms with Crippen LogP contribution in [-0.2, 0) is 10.0 Å². The smallest absolute Gasteiger partial charge is 0.251 e. The lowest BCUT2D eigenvalue weighted by atomic mass is 10.1. The normalized spacial score (nSPS) is 13.1. The summed E-state index contributed by atoms with van der Waals surface area (Å²) in [6, 6.07) is 1.76. The van der Waals surface area contributed by atoms with Gasteiger partial charge in [-0.05, 0) is 25.0 Å². The number of methoxy groups -OCH3 is 1. The van der Waals surface area contributed by atoms with E-state index < -0.39 is 32.4 Å². The molecule has 3 N–H and O–H groups in total. The zero-order chi connectivity index (χ0) is 16.4. The summed E-state index contributed by atoms with van der Waals surface area (Å²) in [6.45, 7) is 5.62. The van der Waals surface area contributed by atoms with Gasteiger partial charge in [0.05, 0.1) is 7.11 Å². The number of primary sulfonamides is 1. The van der Waals surface area contributed by atoms with Gasteiger partial charge in [0.2, 0.25) is 10.0 Å². The third-order valence-corrected chi connectivity index (χ3v) is 4.06. The quantitative estimate of drug-likeness (QED) is 0.853. The molecule has 0 aromatic heterocycles. The van der Waals surface area contributed by atoms with Crippen LogP contribution in [0, 0.1) is 11.7 Å². The molecule has 0 radical (unpaired) electrons. The maximum atomic E-state index is 13.9. The molecular formula is C13H19FN2O4S. The molecule has 0 saturated carbocycles. The Morgan fingerprint density at radius 1 is 1.33 bits per heavy atom. The van der Waals surface area contributed by atoms with Crippen molar-refractivity contribution in [3.8, 4) is 5.75 Å².